The molecule has 0 radical (unpaired) electrons. The van der Waals surface area contributed by atoms with E-state index in [-0.39, 0.29) is 23.1 Å². The van der Waals surface area contributed by atoms with E-state index >= 15 is 0 Å². The van der Waals surface area contributed by atoms with Gasteiger partial charge in [0.1, 0.15) is 12.4 Å². The van der Waals surface area contributed by atoms with Crippen LogP contribution in [0.3, 0.4) is 0 Å². The molecule has 20 heavy (non-hydrogen) atoms. The van der Waals surface area contributed by atoms with Crippen LogP contribution in [0, 0.1) is 0 Å². The van der Waals surface area contributed by atoms with E-state index in [9.17, 15) is 13.2 Å². The smallest absolute Gasteiger partial charge is 0.416 e. The number of nitrogens with two attached hydrogens (primary N) is 1. The summed E-state index contributed by atoms with van der Waals surface area (Å²) in [5, 5.41) is 0. The summed E-state index contributed by atoms with van der Waals surface area (Å²) in [6, 6.07) is 3.10. The van der Waals surface area contributed by atoms with Gasteiger partial charge in [-0.1, -0.05) is 0 Å². The fourth-order valence-electron chi connectivity index (χ4n) is 2.23. The number of rotatable bonds is 3. The zero-order valence-corrected chi connectivity index (χ0v) is 11.5. The molecule has 1 atom stereocenters. The third-order valence-electron chi connectivity index (χ3n) is 3.32. The summed E-state index contributed by atoms with van der Waals surface area (Å²) in [6.45, 7) is 4.29. The molecule has 1 aromatic rings. The van der Waals surface area contributed by atoms with E-state index in [0.717, 1.165) is 25.0 Å². The summed E-state index contributed by atoms with van der Waals surface area (Å²) in [5.74, 6) is 0.256. The first kappa shape index (κ1) is 15.0. The molecule has 1 saturated heterocycles. The van der Waals surface area contributed by atoms with E-state index in [0.29, 0.717) is 6.61 Å². The summed E-state index contributed by atoms with van der Waals surface area (Å²) < 4.78 is 48.7. The van der Waals surface area contributed by atoms with Crippen molar-refractivity contribution < 1.29 is 22.6 Å². The lowest BCUT2D eigenvalue weighted by Gasteiger charge is -2.20. The van der Waals surface area contributed by atoms with Crippen LogP contribution < -0.4 is 10.5 Å². The molecule has 0 spiro atoms. The van der Waals surface area contributed by atoms with Gasteiger partial charge in [-0.05, 0) is 44.9 Å². The monoisotopic (exact) mass is 289 g/mol. The number of nitrogen functional groups attached to an aromatic ring is 1. The van der Waals surface area contributed by atoms with E-state index in [1.165, 1.54) is 6.07 Å². The summed E-state index contributed by atoms with van der Waals surface area (Å²) in [4.78, 5) is 0. The summed E-state index contributed by atoms with van der Waals surface area (Å²) >= 11 is 0. The van der Waals surface area contributed by atoms with Crippen LogP contribution in [0.4, 0.5) is 18.9 Å². The molecular weight excluding hydrogens is 271 g/mol. The standard InChI is InChI=1S/C14H18F3NO2/c1-13(2)6-5-10(20-13)8-19-12-4-3-9(7-11(12)18)14(15,16)17/h3-4,7,10H,5-6,8,18H2,1-2H3. The number of anilines is 1. The topological polar surface area (TPSA) is 44.5 Å². The first-order chi connectivity index (χ1) is 9.17. The van der Waals surface area contributed by atoms with Crippen LogP contribution in [0.15, 0.2) is 18.2 Å². The van der Waals surface area contributed by atoms with Gasteiger partial charge in [0.2, 0.25) is 0 Å². The highest BCUT2D eigenvalue weighted by Crippen LogP contribution is 2.34. The van der Waals surface area contributed by atoms with Crippen LogP contribution in [0.5, 0.6) is 5.75 Å². The van der Waals surface area contributed by atoms with Crippen molar-refractivity contribution in [3.8, 4) is 5.75 Å². The first-order valence-electron chi connectivity index (χ1n) is 6.45. The maximum atomic E-state index is 12.5. The van der Waals surface area contributed by atoms with Gasteiger partial charge in [-0.2, -0.15) is 13.2 Å². The Kier molecular flexibility index (Phi) is 3.86. The van der Waals surface area contributed by atoms with Gasteiger partial charge in [0.15, 0.2) is 0 Å². The van der Waals surface area contributed by atoms with Crippen LogP contribution in [-0.4, -0.2) is 18.3 Å². The predicted octanol–water partition coefficient (Wildman–Crippen LogP) is 3.62. The summed E-state index contributed by atoms with van der Waals surface area (Å²) in [6.07, 6.45) is -2.64. The second-order valence-electron chi connectivity index (χ2n) is 5.60. The number of halogens is 3. The van der Waals surface area contributed by atoms with Gasteiger partial charge in [-0.3, -0.25) is 0 Å². The van der Waals surface area contributed by atoms with Gasteiger partial charge < -0.3 is 15.2 Å². The van der Waals surface area contributed by atoms with Gasteiger partial charge >= 0.3 is 6.18 Å². The quantitative estimate of drug-likeness (QED) is 0.864. The lowest BCUT2D eigenvalue weighted by atomic mass is 10.1. The fourth-order valence-corrected chi connectivity index (χ4v) is 2.23. The molecule has 0 amide bonds. The van der Waals surface area contributed by atoms with E-state index in [4.69, 9.17) is 15.2 Å². The molecule has 1 fully saturated rings. The van der Waals surface area contributed by atoms with E-state index < -0.39 is 11.7 Å². The Morgan fingerprint density at radius 1 is 1.40 bits per heavy atom. The van der Waals surface area contributed by atoms with Crippen LogP contribution in [0.1, 0.15) is 32.3 Å². The first-order valence-corrected chi connectivity index (χ1v) is 6.45. The molecule has 0 bridgehead atoms. The average Bonchev–Trinajstić information content (AvgIpc) is 2.66. The Labute approximate surface area is 115 Å². The molecule has 0 aliphatic carbocycles. The molecule has 2 N–H and O–H groups in total. The minimum atomic E-state index is -4.40. The van der Waals surface area contributed by atoms with E-state index in [1.54, 1.807) is 0 Å². The molecule has 3 nitrogen and oxygen atoms in total. The highest BCUT2D eigenvalue weighted by atomic mass is 19.4. The maximum absolute atomic E-state index is 12.5. The van der Waals surface area contributed by atoms with Crippen LogP contribution in [0.25, 0.3) is 0 Å². The molecule has 0 saturated carbocycles. The zero-order chi connectivity index (χ0) is 15.0. The number of hydrogen-bond acceptors (Lipinski definition) is 3. The van der Waals surface area contributed by atoms with E-state index in [2.05, 4.69) is 0 Å². The number of benzene rings is 1. The summed E-state index contributed by atoms with van der Waals surface area (Å²) in [5.41, 5.74) is 4.63. The molecule has 6 heteroatoms. The lowest BCUT2D eigenvalue weighted by Crippen LogP contribution is -2.24. The molecule has 112 valence electrons. The van der Waals surface area contributed by atoms with Gasteiger partial charge in [-0.15, -0.1) is 0 Å². The van der Waals surface area contributed by atoms with Crippen molar-refractivity contribution in [2.75, 3.05) is 12.3 Å². The molecule has 1 unspecified atom stereocenters. The Hall–Kier alpha value is -1.43. The number of hydrogen-bond donors (Lipinski definition) is 1. The Morgan fingerprint density at radius 3 is 2.60 bits per heavy atom. The Morgan fingerprint density at radius 2 is 2.10 bits per heavy atom. The highest BCUT2D eigenvalue weighted by Gasteiger charge is 2.33. The average molecular weight is 289 g/mol. The second-order valence-corrected chi connectivity index (χ2v) is 5.60. The predicted molar refractivity (Wildman–Crippen MR) is 69.5 cm³/mol. The van der Waals surface area contributed by atoms with Crippen LogP contribution >= 0.6 is 0 Å². The molecular formula is C14H18F3NO2. The van der Waals surface area contributed by atoms with E-state index in [1.807, 2.05) is 13.8 Å². The Balaban J connectivity index is 1.97. The van der Waals surface area contributed by atoms with Crippen LogP contribution in [0.2, 0.25) is 0 Å². The molecule has 1 aromatic carbocycles. The fraction of sp³-hybridized carbons (Fsp3) is 0.571. The van der Waals surface area contributed by atoms with Crippen molar-refractivity contribution in [3.63, 3.8) is 0 Å². The third-order valence-corrected chi connectivity index (χ3v) is 3.32. The minimum absolute atomic E-state index is 0.0166. The summed E-state index contributed by atoms with van der Waals surface area (Å²) in [7, 11) is 0. The van der Waals surface area contributed by atoms with Crippen molar-refractivity contribution in [1.82, 2.24) is 0 Å². The lowest BCUT2D eigenvalue weighted by molar-refractivity contribution is -0.137. The van der Waals surface area contributed by atoms with Crippen molar-refractivity contribution in [3.05, 3.63) is 23.8 Å². The van der Waals surface area contributed by atoms with Crippen molar-refractivity contribution in [2.45, 2.75) is 44.6 Å². The van der Waals surface area contributed by atoms with Gasteiger partial charge in [0, 0.05) is 0 Å². The molecule has 2 rings (SSSR count). The maximum Gasteiger partial charge on any atom is 0.416 e. The van der Waals surface area contributed by atoms with Crippen molar-refractivity contribution in [1.29, 1.82) is 0 Å². The number of ether oxygens (including phenoxy) is 2. The normalized spacial score (nSPS) is 21.9. The van der Waals surface area contributed by atoms with Crippen molar-refractivity contribution in [2.24, 2.45) is 0 Å². The molecule has 0 aromatic heterocycles. The van der Waals surface area contributed by atoms with Gasteiger partial charge in [0.25, 0.3) is 0 Å². The highest BCUT2D eigenvalue weighted by molar-refractivity contribution is 5.54. The number of alkyl halides is 3. The SMILES string of the molecule is CC1(C)CCC(COc2ccc(C(F)(F)F)cc2N)O1. The molecule has 1 aliphatic heterocycles. The molecule has 1 heterocycles. The van der Waals surface area contributed by atoms with Gasteiger partial charge in [-0.25, -0.2) is 0 Å². The van der Waals surface area contributed by atoms with Gasteiger partial charge in [0.05, 0.1) is 23.0 Å². The zero-order valence-electron chi connectivity index (χ0n) is 11.5. The second kappa shape index (κ2) is 5.16. The van der Waals surface area contributed by atoms with Crippen molar-refractivity contribution >= 4 is 5.69 Å². The Bertz CT molecular complexity index is 486. The van der Waals surface area contributed by atoms with Crippen LogP contribution in [-0.2, 0) is 10.9 Å². The molecule has 1 aliphatic rings. The third kappa shape index (κ3) is 3.56. The minimum Gasteiger partial charge on any atom is -0.489 e. The largest absolute Gasteiger partial charge is 0.489 e.